The summed E-state index contributed by atoms with van der Waals surface area (Å²) in [6, 6.07) is 7.88. The standard InChI is InChI=1S/C17H22N6O/c1-22(13-17(24)20-14-5-2-8-18-11-14)12-15-6-4-10-23(15)16-7-3-9-19-21-16/h2-3,5,7-9,11,15H,4,6,10,12-13H2,1H3,(H,20,24)/t15-/m0/s1. The van der Waals surface area contributed by atoms with Gasteiger partial charge >= 0.3 is 0 Å². The highest BCUT2D eigenvalue weighted by atomic mass is 16.2. The number of hydrogen-bond donors (Lipinski definition) is 1. The average Bonchev–Trinajstić information content (AvgIpc) is 3.04. The highest BCUT2D eigenvalue weighted by Crippen LogP contribution is 2.23. The van der Waals surface area contributed by atoms with Crippen LogP contribution in [-0.2, 0) is 4.79 Å². The van der Waals surface area contributed by atoms with Crippen molar-refractivity contribution in [2.45, 2.75) is 18.9 Å². The maximum Gasteiger partial charge on any atom is 0.238 e. The molecule has 0 unspecified atom stereocenters. The molecule has 3 heterocycles. The lowest BCUT2D eigenvalue weighted by Gasteiger charge is -2.28. The van der Waals surface area contributed by atoms with E-state index in [1.165, 1.54) is 0 Å². The van der Waals surface area contributed by atoms with Crippen LogP contribution in [0, 0.1) is 0 Å². The van der Waals surface area contributed by atoms with Crippen LogP contribution in [0.5, 0.6) is 0 Å². The third-order valence-electron chi connectivity index (χ3n) is 4.11. The second-order valence-corrected chi connectivity index (χ2v) is 6.06. The van der Waals surface area contributed by atoms with E-state index in [9.17, 15) is 4.79 Å². The van der Waals surface area contributed by atoms with Crippen molar-refractivity contribution in [3.63, 3.8) is 0 Å². The van der Waals surface area contributed by atoms with Gasteiger partial charge in [0.1, 0.15) is 0 Å². The first-order valence-corrected chi connectivity index (χ1v) is 8.15. The van der Waals surface area contributed by atoms with Gasteiger partial charge in [0.05, 0.1) is 18.4 Å². The number of carbonyl (C=O) groups is 1. The lowest BCUT2D eigenvalue weighted by Crippen LogP contribution is -2.42. The molecule has 1 aliphatic rings. The Labute approximate surface area is 141 Å². The monoisotopic (exact) mass is 326 g/mol. The van der Waals surface area contributed by atoms with Crippen LogP contribution in [0.15, 0.2) is 42.9 Å². The van der Waals surface area contributed by atoms with E-state index >= 15 is 0 Å². The van der Waals surface area contributed by atoms with Gasteiger partial charge in [-0.25, -0.2) is 0 Å². The van der Waals surface area contributed by atoms with Crippen LogP contribution >= 0.6 is 0 Å². The molecule has 1 fully saturated rings. The van der Waals surface area contributed by atoms with Crippen molar-refractivity contribution in [1.29, 1.82) is 0 Å². The van der Waals surface area contributed by atoms with Crippen molar-refractivity contribution in [3.05, 3.63) is 42.9 Å². The van der Waals surface area contributed by atoms with Crippen LogP contribution < -0.4 is 10.2 Å². The maximum absolute atomic E-state index is 12.1. The highest BCUT2D eigenvalue weighted by Gasteiger charge is 2.27. The Morgan fingerprint density at radius 1 is 1.38 bits per heavy atom. The molecule has 0 bridgehead atoms. The molecule has 7 heteroatoms. The number of carbonyl (C=O) groups excluding carboxylic acids is 1. The quantitative estimate of drug-likeness (QED) is 0.865. The number of pyridine rings is 1. The molecule has 3 rings (SSSR count). The summed E-state index contributed by atoms with van der Waals surface area (Å²) in [6.07, 6.45) is 7.25. The number of hydrogen-bond acceptors (Lipinski definition) is 6. The zero-order valence-electron chi connectivity index (χ0n) is 13.8. The van der Waals surface area contributed by atoms with Gasteiger partial charge in [0.15, 0.2) is 5.82 Å². The minimum atomic E-state index is -0.0328. The van der Waals surface area contributed by atoms with E-state index in [2.05, 4.69) is 25.4 Å². The molecule has 1 atom stereocenters. The third-order valence-corrected chi connectivity index (χ3v) is 4.11. The first-order valence-electron chi connectivity index (χ1n) is 8.15. The molecule has 126 valence electrons. The molecule has 0 aromatic carbocycles. The van der Waals surface area contributed by atoms with E-state index < -0.39 is 0 Å². The zero-order valence-corrected chi connectivity index (χ0v) is 13.8. The molecule has 24 heavy (non-hydrogen) atoms. The Hall–Kier alpha value is -2.54. The first kappa shape index (κ1) is 16.3. The van der Waals surface area contributed by atoms with Crippen LogP contribution in [0.4, 0.5) is 11.5 Å². The number of nitrogens with zero attached hydrogens (tertiary/aromatic N) is 5. The number of nitrogens with one attached hydrogen (secondary N) is 1. The molecule has 0 aliphatic carbocycles. The predicted octanol–water partition coefficient (Wildman–Crippen LogP) is 1.41. The first-order chi connectivity index (χ1) is 11.7. The Bertz CT molecular complexity index is 651. The van der Waals surface area contributed by atoms with Crippen molar-refractivity contribution in [2.24, 2.45) is 0 Å². The van der Waals surface area contributed by atoms with Crippen LogP contribution in [-0.4, -0.2) is 58.7 Å². The normalized spacial score (nSPS) is 17.2. The van der Waals surface area contributed by atoms with Gasteiger partial charge in [0.2, 0.25) is 5.91 Å². The summed E-state index contributed by atoms with van der Waals surface area (Å²) in [5, 5.41) is 11.0. The Morgan fingerprint density at radius 2 is 2.25 bits per heavy atom. The van der Waals surface area contributed by atoms with Crippen LogP contribution in [0.2, 0.25) is 0 Å². The minimum absolute atomic E-state index is 0.0328. The number of aromatic nitrogens is 3. The van der Waals surface area contributed by atoms with E-state index in [1.54, 1.807) is 24.7 Å². The van der Waals surface area contributed by atoms with Gasteiger partial charge < -0.3 is 10.2 Å². The van der Waals surface area contributed by atoms with Gasteiger partial charge in [-0.1, -0.05) is 0 Å². The molecule has 7 nitrogen and oxygen atoms in total. The Kier molecular flexibility index (Phi) is 5.32. The number of anilines is 2. The summed E-state index contributed by atoms with van der Waals surface area (Å²) in [7, 11) is 1.97. The van der Waals surface area contributed by atoms with E-state index in [4.69, 9.17) is 0 Å². The smallest absolute Gasteiger partial charge is 0.238 e. The van der Waals surface area contributed by atoms with E-state index in [0.29, 0.717) is 12.6 Å². The number of amides is 1. The number of rotatable bonds is 6. The largest absolute Gasteiger partial charge is 0.351 e. The topological polar surface area (TPSA) is 74.2 Å². The van der Waals surface area contributed by atoms with Gasteiger partial charge in [-0.3, -0.25) is 14.7 Å². The van der Waals surface area contributed by atoms with Crippen molar-refractivity contribution in [2.75, 3.05) is 36.9 Å². The zero-order chi connectivity index (χ0) is 16.8. The SMILES string of the molecule is CN(CC(=O)Nc1cccnc1)C[C@@H]1CCCN1c1cccnn1. The summed E-state index contributed by atoms with van der Waals surface area (Å²) in [5.41, 5.74) is 0.720. The fraction of sp³-hybridized carbons (Fsp3) is 0.412. The summed E-state index contributed by atoms with van der Waals surface area (Å²) >= 11 is 0. The molecule has 2 aromatic heterocycles. The molecular weight excluding hydrogens is 304 g/mol. The molecular formula is C17H22N6O. The number of likely N-dealkylation sites (N-methyl/N-ethyl adjacent to an activating group) is 1. The Morgan fingerprint density at radius 3 is 3.00 bits per heavy atom. The van der Waals surface area contributed by atoms with Crippen molar-refractivity contribution >= 4 is 17.4 Å². The van der Waals surface area contributed by atoms with E-state index in [1.807, 2.05) is 30.1 Å². The van der Waals surface area contributed by atoms with Crippen molar-refractivity contribution < 1.29 is 4.79 Å². The third kappa shape index (κ3) is 4.26. The fourth-order valence-electron chi connectivity index (χ4n) is 3.08. The second kappa shape index (κ2) is 7.83. The lowest BCUT2D eigenvalue weighted by molar-refractivity contribution is -0.117. The van der Waals surface area contributed by atoms with Crippen molar-refractivity contribution in [3.8, 4) is 0 Å². The molecule has 1 amide bonds. The van der Waals surface area contributed by atoms with Gasteiger partial charge in [-0.15, -0.1) is 5.10 Å². The summed E-state index contributed by atoms with van der Waals surface area (Å²) in [5.74, 6) is 0.878. The summed E-state index contributed by atoms with van der Waals surface area (Å²) in [6.45, 7) is 2.15. The van der Waals surface area contributed by atoms with Gasteiger partial charge in [-0.05, 0) is 44.2 Å². The van der Waals surface area contributed by atoms with Gasteiger partial charge in [0, 0.05) is 31.5 Å². The van der Waals surface area contributed by atoms with E-state index in [-0.39, 0.29) is 5.91 Å². The fourth-order valence-corrected chi connectivity index (χ4v) is 3.08. The van der Waals surface area contributed by atoms with Crippen LogP contribution in [0.25, 0.3) is 0 Å². The van der Waals surface area contributed by atoms with Crippen molar-refractivity contribution in [1.82, 2.24) is 20.1 Å². The molecule has 1 saturated heterocycles. The summed E-state index contributed by atoms with van der Waals surface area (Å²) < 4.78 is 0. The van der Waals surface area contributed by atoms with Gasteiger partial charge in [-0.2, -0.15) is 5.10 Å². The average molecular weight is 326 g/mol. The molecule has 0 spiro atoms. The molecule has 0 saturated carbocycles. The van der Waals surface area contributed by atoms with Crippen LogP contribution in [0.3, 0.4) is 0 Å². The van der Waals surface area contributed by atoms with Crippen LogP contribution in [0.1, 0.15) is 12.8 Å². The Balaban J connectivity index is 1.52. The van der Waals surface area contributed by atoms with E-state index in [0.717, 1.165) is 37.4 Å². The molecule has 1 aliphatic heterocycles. The maximum atomic E-state index is 12.1. The summed E-state index contributed by atoms with van der Waals surface area (Å²) in [4.78, 5) is 20.5. The highest BCUT2D eigenvalue weighted by molar-refractivity contribution is 5.92. The predicted molar refractivity (Wildman–Crippen MR) is 92.8 cm³/mol. The minimum Gasteiger partial charge on any atom is -0.351 e. The molecule has 1 N–H and O–H groups in total. The molecule has 0 radical (unpaired) electrons. The second-order valence-electron chi connectivity index (χ2n) is 6.06. The molecule has 2 aromatic rings. The van der Waals surface area contributed by atoms with Gasteiger partial charge in [0.25, 0.3) is 0 Å². The lowest BCUT2D eigenvalue weighted by atomic mass is 10.2.